The Kier molecular flexibility index (Phi) is 3.60. The number of hydrogen-bond acceptors (Lipinski definition) is 3. The van der Waals surface area contributed by atoms with Gasteiger partial charge in [-0.1, -0.05) is 23.2 Å². The summed E-state index contributed by atoms with van der Waals surface area (Å²) >= 11 is 12.1. The molecule has 0 fully saturated rings. The van der Waals surface area contributed by atoms with Gasteiger partial charge in [0.05, 0.1) is 22.1 Å². The first kappa shape index (κ1) is 16.2. The molecule has 7 heteroatoms. The molecule has 5 nitrogen and oxygen atoms in total. The molecule has 0 spiro atoms. The van der Waals surface area contributed by atoms with Crippen molar-refractivity contribution in [3.63, 3.8) is 0 Å². The Balaban J connectivity index is 1.64. The normalized spacial score (nSPS) is 11.5. The molecule has 0 radical (unpaired) electrons. The van der Waals surface area contributed by atoms with Crippen molar-refractivity contribution in [2.75, 3.05) is 5.73 Å². The van der Waals surface area contributed by atoms with Crippen molar-refractivity contribution in [3.05, 3.63) is 64.6 Å². The first-order valence-electron chi connectivity index (χ1n) is 8.27. The second-order valence-corrected chi connectivity index (χ2v) is 7.21. The van der Waals surface area contributed by atoms with Gasteiger partial charge in [-0.25, -0.2) is 9.97 Å². The number of nitrogen functional groups attached to an aromatic ring is 1. The Morgan fingerprint density at radius 1 is 0.667 bits per heavy atom. The van der Waals surface area contributed by atoms with E-state index >= 15 is 0 Å². The monoisotopic (exact) mass is 393 g/mol. The first-order valence-corrected chi connectivity index (χ1v) is 9.03. The molecule has 0 unspecified atom stereocenters. The molecular formula is C20H13Cl2N5. The van der Waals surface area contributed by atoms with Crippen LogP contribution in [0.3, 0.4) is 0 Å². The lowest BCUT2D eigenvalue weighted by Gasteiger charge is -2.04. The van der Waals surface area contributed by atoms with Crippen LogP contribution < -0.4 is 5.73 Å². The van der Waals surface area contributed by atoms with E-state index in [-0.39, 0.29) is 0 Å². The van der Waals surface area contributed by atoms with Crippen LogP contribution >= 0.6 is 23.2 Å². The van der Waals surface area contributed by atoms with Crippen molar-refractivity contribution < 1.29 is 0 Å². The molecule has 3 aromatic carbocycles. The third-order valence-corrected chi connectivity index (χ3v) is 4.86. The van der Waals surface area contributed by atoms with E-state index < -0.39 is 0 Å². The lowest BCUT2D eigenvalue weighted by Crippen LogP contribution is -1.90. The summed E-state index contributed by atoms with van der Waals surface area (Å²) in [6.07, 6.45) is 0. The molecule has 0 aliphatic carbocycles. The van der Waals surface area contributed by atoms with Crippen LogP contribution in [0.2, 0.25) is 10.0 Å². The lowest BCUT2D eigenvalue weighted by molar-refractivity contribution is 1.31. The predicted octanol–water partition coefficient (Wildman–Crippen LogP) is 5.66. The molecule has 27 heavy (non-hydrogen) atoms. The van der Waals surface area contributed by atoms with Crippen LogP contribution in [0.25, 0.3) is 44.8 Å². The number of halogens is 2. The number of imidazole rings is 2. The first-order chi connectivity index (χ1) is 13.0. The highest BCUT2D eigenvalue weighted by atomic mass is 35.5. The minimum atomic E-state index is 0.625. The average molecular weight is 394 g/mol. The summed E-state index contributed by atoms with van der Waals surface area (Å²) in [6.45, 7) is 0. The van der Waals surface area contributed by atoms with Crippen LogP contribution in [-0.2, 0) is 0 Å². The molecule has 5 aromatic rings. The van der Waals surface area contributed by atoms with Crippen LogP contribution in [0.4, 0.5) is 5.69 Å². The van der Waals surface area contributed by atoms with Gasteiger partial charge in [-0.3, -0.25) is 0 Å². The van der Waals surface area contributed by atoms with Gasteiger partial charge in [-0.15, -0.1) is 0 Å². The number of aromatic nitrogens is 4. The SMILES string of the molecule is Nc1cc(-c2nc3ccc(Cl)cc3[nH]2)cc(-c2nc3ccc(Cl)cc3[nH]2)c1. The summed E-state index contributed by atoms with van der Waals surface area (Å²) in [5, 5.41) is 1.32. The number of rotatable bonds is 2. The summed E-state index contributed by atoms with van der Waals surface area (Å²) in [5.74, 6) is 1.44. The third-order valence-electron chi connectivity index (χ3n) is 4.39. The van der Waals surface area contributed by atoms with Gasteiger partial charge >= 0.3 is 0 Å². The van der Waals surface area contributed by atoms with Crippen molar-refractivity contribution in [3.8, 4) is 22.8 Å². The number of H-pyrrole nitrogens is 2. The minimum Gasteiger partial charge on any atom is -0.399 e. The largest absolute Gasteiger partial charge is 0.399 e. The summed E-state index contributed by atoms with van der Waals surface area (Å²) in [6, 6.07) is 16.9. The van der Waals surface area contributed by atoms with Crippen molar-refractivity contribution in [1.29, 1.82) is 0 Å². The number of aromatic amines is 2. The summed E-state index contributed by atoms with van der Waals surface area (Å²) in [7, 11) is 0. The van der Waals surface area contributed by atoms with Gasteiger partial charge in [0.15, 0.2) is 0 Å². The number of nitrogens with zero attached hydrogens (tertiary/aromatic N) is 2. The van der Waals surface area contributed by atoms with E-state index in [0.29, 0.717) is 15.7 Å². The van der Waals surface area contributed by atoms with E-state index in [2.05, 4.69) is 19.9 Å². The molecule has 0 amide bonds. The van der Waals surface area contributed by atoms with E-state index in [0.717, 1.165) is 44.8 Å². The summed E-state index contributed by atoms with van der Waals surface area (Å²) in [4.78, 5) is 15.9. The zero-order valence-electron chi connectivity index (χ0n) is 13.9. The molecule has 0 saturated carbocycles. The Bertz CT molecular complexity index is 1220. The molecule has 132 valence electrons. The Labute approximate surface area is 164 Å². The highest BCUT2D eigenvalue weighted by Gasteiger charge is 2.11. The third kappa shape index (κ3) is 2.91. The zero-order chi connectivity index (χ0) is 18.5. The maximum absolute atomic E-state index is 6.15. The van der Waals surface area contributed by atoms with Gasteiger partial charge in [0.25, 0.3) is 0 Å². The van der Waals surface area contributed by atoms with E-state index in [4.69, 9.17) is 28.9 Å². The van der Waals surface area contributed by atoms with Gasteiger partial charge in [0, 0.05) is 26.9 Å². The number of nitrogens with one attached hydrogen (secondary N) is 2. The Morgan fingerprint density at radius 2 is 1.15 bits per heavy atom. The van der Waals surface area contributed by atoms with Crippen LogP contribution in [0.1, 0.15) is 0 Å². The van der Waals surface area contributed by atoms with Crippen molar-refractivity contribution >= 4 is 51.0 Å². The van der Waals surface area contributed by atoms with Gasteiger partial charge in [0.1, 0.15) is 11.6 Å². The van der Waals surface area contributed by atoms with Crippen molar-refractivity contribution in [2.24, 2.45) is 0 Å². The van der Waals surface area contributed by atoms with Gasteiger partial charge in [-0.05, 0) is 54.6 Å². The predicted molar refractivity (Wildman–Crippen MR) is 111 cm³/mol. The summed E-state index contributed by atoms with van der Waals surface area (Å²) < 4.78 is 0. The molecule has 0 aliphatic rings. The molecule has 5 rings (SSSR count). The average Bonchev–Trinajstić information content (AvgIpc) is 3.24. The van der Waals surface area contributed by atoms with Crippen molar-refractivity contribution in [1.82, 2.24) is 19.9 Å². The van der Waals surface area contributed by atoms with Gasteiger partial charge in [0.2, 0.25) is 0 Å². The molecular weight excluding hydrogens is 381 g/mol. The van der Waals surface area contributed by atoms with Crippen LogP contribution in [0.5, 0.6) is 0 Å². The Hall–Kier alpha value is -3.02. The molecule has 2 aromatic heterocycles. The minimum absolute atomic E-state index is 0.625. The fourth-order valence-corrected chi connectivity index (χ4v) is 3.51. The molecule has 0 bridgehead atoms. The molecule has 0 aliphatic heterocycles. The van der Waals surface area contributed by atoms with E-state index in [9.17, 15) is 0 Å². The van der Waals surface area contributed by atoms with Crippen LogP contribution in [0.15, 0.2) is 54.6 Å². The van der Waals surface area contributed by atoms with E-state index in [1.165, 1.54) is 0 Å². The van der Waals surface area contributed by atoms with Gasteiger partial charge in [-0.2, -0.15) is 0 Å². The molecule has 4 N–H and O–H groups in total. The maximum Gasteiger partial charge on any atom is 0.138 e. The van der Waals surface area contributed by atoms with Crippen LogP contribution in [0, 0.1) is 0 Å². The van der Waals surface area contributed by atoms with Gasteiger partial charge < -0.3 is 15.7 Å². The van der Waals surface area contributed by atoms with E-state index in [1.54, 1.807) is 0 Å². The smallest absolute Gasteiger partial charge is 0.138 e. The molecule has 0 atom stereocenters. The highest BCUT2D eigenvalue weighted by Crippen LogP contribution is 2.30. The van der Waals surface area contributed by atoms with E-state index in [1.807, 2.05) is 54.6 Å². The fourth-order valence-electron chi connectivity index (χ4n) is 3.16. The fraction of sp³-hybridized carbons (Fsp3) is 0. The summed E-state index contributed by atoms with van der Waals surface area (Å²) in [5.41, 5.74) is 12.0. The topological polar surface area (TPSA) is 83.4 Å². The zero-order valence-corrected chi connectivity index (χ0v) is 15.4. The number of hydrogen-bond donors (Lipinski definition) is 3. The quantitative estimate of drug-likeness (QED) is 0.338. The number of benzene rings is 3. The second kappa shape index (κ2) is 6.01. The number of nitrogens with two attached hydrogens (primary N) is 1. The van der Waals surface area contributed by atoms with Crippen molar-refractivity contribution in [2.45, 2.75) is 0 Å². The second-order valence-electron chi connectivity index (χ2n) is 6.34. The van der Waals surface area contributed by atoms with Crippen LogP contribution in [-0.4, -0.2) is 19.9 Å². The maximum atomic E-state index is 6.15. The molecule has 2 heterocycles. The number of fused-ring (bicyclic) bond motifs is 2. The Morgan fingerprint density at radius 3 is 1.63 bits per heavy atom. The lowest BCUT2D eigenvalue weighted by atomic mass is 10.1. The molecule has 0 saturated heterocycles. The highest BCUT2D eigenvalue weighted by molar-refractivity contribution is 6.31. The number of anilines is 1. The standard InChI is InChI=1S/C20H13Cl2N5/c21-12-1-3-15-17(8-12)26-19(24-15)10-5-11(7-14(23)6-10)20-25-16-4-2-13(22)9-18(16)27-20/h1-9H,23H2,(H,24,26)(H,25,27).